The molecular weight excluding hydrogens is 179 g/mol. The summed E-state index contributed by atoms with van der Waals surface area (Å²) in [5, 5.41) is 0. The van der Waals surface area contributed by atoms with Gasteiger partial charge in [0, 0.05) is 7.11 Å². The standard InChI is InChI=1S/C7H17O4P/c1-5-6-10-12(8,9-4)11-7(2)3/h7H,5-6H2,1-4H3. The summed E-state index contributed by atoms with van der Waals surface area (Å²) >= 11 is 0. The summed E-state index contributed by atoms with van der Waals surface area (Å²) in [6.07, 6.45) is 0.627. The fourth-order valence-electron chi connectivity index (χ4n) is 0.587. The first kappa shape index (κ1) is 12.1. The normalized spacial score (nSPS) is 16.4. The van der Waals surface area contributed by atoms with Crippen LogP contribution in [0, 0.1) is 0 Å². The van der Waals surface area contributed by atoms with Crippen LogP contribution in [-0.4, -0.2) is 19.8 Å². The SMILES string of the molecule is CCCOP(=O)(OC)OC(C)C. The van der Waals surface area contributed by atoms with Gasteiger partial charge in [-0.15, -0.1) is 0 Å². The number of hydrogen-bond acceptors (Lipinski definition) is 4. The van der Waals surface area contributed by atoms with Crippen LogP contribution in [0.25, 0.3) is 0 Å². The van der Waals surface area contributed by atoms with Crippen LogP contribution in [0.2, 0.25) is 0 Å². The van der Waals surface area contributed by atoms with Crippen LogP contribution in [0.5, 0.6) is 0 Å². The van der Waals surface area contributed by atoms with E-state index >= 15 is 0 Å². The highest BCUT2D eigenvalue weighted by Gasteiger charge is 2.25. The highest BCUT2D eigenvalue weighted by molar-refractivity contribution is 7.48. The van der Waals surface area contributed by atoms with Crippen LogP contribution in [0.4, 0.5) is 0 Å². The Kier molecular flexibility index (Phi) is 5.76. The molecule has 1 unspecified atom stereocenters. The van der Waals surface area contributed by atoms with Crippen molar-refractivity contribution in [3.63, 3.8) is 0 Å². The molecule has 0 fully saturated rings. The Morgan fingerprint density at radius 3 is 2.33 bits per heavy atom. The minimum atomic E-state index is -3.27. The van der Waals surface area contributed by atoms with Gasteiger partial charge in [-0.3, -0.25) is 13.6 Å². The van der Waals surface area contributed by atoms with Crippen molar-refractivity contribution in [2.24, 2.45) is 0 Å². The van der Waals surface area contributed by atoms with E-state index in [0.717, 1.165) is 6.42 Å². The Labute approximate surface area is 73.8 Å². The van der Waals surface area contributed by atoms with Crippen LogP contribution in [0.3, 0.4) is 0 Å². The topological polar surface area (TPSA) is 44.8 Å². The fraction of sp³-hybridized carbons (Fsp3) is 1.00. The van der Waals surface area contributed by atoms with Crippen LogP contribution >= 0.6 is 7.82 Å². The van der Waals surface area contributed by atoms with Gasteiger partial charge in [-0.1, -0.05) is 6.92 Å². The van der Waals surface area contributed by atoms with Crippen molar-refractivity contribution >= 4 is 7.82 Å². The first-order chi connectivity index (χ1) is 5.54. The number of phosphoric ester groups is 1. The molecule has 0 spiro atoms. The highest BCUT2D eigenvalue weighted by Crippen LogP contribution is 2.49. The van der Waals surface area contributed by atoms with E-state index < -0.39 is 7.82 Å². The van der Waals surface area contributed by atoms with Gasteiger partial charge < -0.3 is 0 Å². The third-order valence-electron chi connectivity index (χ3n) is 1.02. The Morgan fingerprint density at radius 2 is 2.00 bits per heavy atom. The molecule has 74 valence electrons. The Morgan fingerprint density at radius 1 is 1.42 bits per heavy atom. The molecule has 0 aliphatic heterocycles. The summed E-state index contributed by atoms with van der Waals surface area (Å²) in [4.78, 5) is 0. The first-order valence-electron chi connectivity index (χ1n) is 4.02. The lowest BCUT2D eigenvalue weighted by Gasteiger charge is -2.17. The zero-order chi connectivity index (χ0) is 9.61. The summed E-state index contributed by atoms with van der Waals surface area (Å²) in [6, 6.07) is 0. The molecule has 12 heavy (non-hydrogen) atoms. The van der Waals surface area contributed by atoms with Crippen molar-refractivity contribution in [1.82, 2.24) is 0 Å². The lowest BCUT2D eigenvalue weighted by atomic mass is 10.5. The smallest absolute Gasteiger partial charge is 0.290 e. The second-order valence-corrected chi connectivity index (χ2v) is 4.35. The van der Waals surface area contributed by atoms with Crippen molar-refractivity contribution in [3.05, 3.63) is 0 Å². The first-order valence-corrected chi connectivity index (χ1v) is 5.49. The quantitative estimate of drug-likeness (QED) is 0.612. The molecule has 5 heteroatoms. The zero-order valence-electron chi connectivity index (χ0n) is 8.07. The molecule has 0 aliphatic rings. The second-order valence-electron chi connectivity index (χ2n) is 2.62. The van der Waals surface area contributed by atoms with E-state index in [2.05, 4.69) is 4.52 Å². The Hall–Kier alpha value is 0.110. The average molecular weight is 196 g/mol. The van der Waals surface area contributed by atoms with E-state index in [4.69, 9.17) is 9.05 Å². The molecular formula is C7H17O4P. The van der Waals surface area contributed by atoms with E-state index in [0.29, 0.717) is 6.61 Å². The highest BCUT2D eigenvalue weighted by atomic mass is 31.2. The molecule has 0 rings (SSSR count). The van der Waals surface area contributed by atoms with Gasteiger partial charge in [0.25, 0.3) is 0 Å². The summed E-state index contributed by atoms with van der Waals surface area (Å²) in [7, 11) is -1.95. The molecule has 0 bridgehead atoms. The lowest BCUT2D eigenvalue weighted by molar-refractivity contribution is 0.106. The van der Waals surface area contributed by atoms with Gasteiger partial charge >= 0.3 is 7.82 Å². The molecule has 0 aliphatic carbocycles. The molecule has 0 amide bonds. The van der Waals surface area contributed by atoms with Gasteiger partial charge in [0.2, 0.25) is 0 Å². The van der Waals surface area contributed by atoms with Gasteiger partial charge in [-0.2, -0.15) is 0 Å². The van der Waals surface area contributed by atoms with Crippen LogP contribution < -0.4 is 0 Å². The van der Waals surface area contributed by atoms with E-state index in [9.17, 15) is 4.57 Å². The molecule has 0 aromatic heterocycles. The van der Waals surface area contributed by atoms with Crippen LogP contribution in [0.1, 0.15) is 27.2 Å². The van der Waals surface area contributed by atoms with Gasteiger partial charge in [-0.25, -0.2) is 4.57 Å². The molecule has 0 saturated heterocycles. The largest absolute Gasteiger partial charge is 0.474 e. The maximum Gasteiger partial charge on any atom is 0.474 e. The Balaban J connectivity index is 3.96. The molecule has 0 aromatic carbocycles. The second kappa shape index (κ2) is 5.70. The summed E-state index contributed by atoms with van der Waals surface area (Å²) < 4.78 is 26.1. The lowest BCUT2D eigenvalue weighted by Crippen LogP contribution is -2.05. The van der Waals surface area contributed by atoms with Gasteiger partial charge in [-0.05, 0) is 20.3 Å². The molecule has 0 radical (unpaired) electrons. The fourth-order valence-corrected chi connectivity index (χ4v) is 1.76. The molecule has 0 N–H and O–H groups in total. The molecule has 0 aromatic rings. The van der Waals surface area contributed by atoms with Crippen molar-refractivity contribution in [2.75, 3.05) is 13.7 Å². The minimum absolute atomic E-state index is 0.160. The van der Waals surface area contributed by atoms with E-state index in [1.807, 2.05) is 6.92 Å². The molecule has 1 atom stereocenters. The average Bonchev–Trinajstić information content (AvgIpc) is 2.00. The number of rotatable bonds is 6. The summed E-state index contributed by atoms with van der Waals surface area (Å²) in [6.45, 7) is 5.87. The number of phosphoric acid groups is 1. The molecule has 0 saturated carbocycles. The van der Waals surface area contributed by atoms with Crippen molar-refractivity contribution in [3.8, 4) is 0 Å². The predicted octanol–water partition coefficient (Wildman–Crippen LogP) is 2.59. The zero-order valence-corrected chi connectivity index (χ0v) is 8.97. The third-order valence-corrected chi connectivity index (χ3v) is 2.64. The monoisotopic (exact) mass is 196 g/mol. The van der Waals surface area contributed by atoms with E-state index in [-0.39, 0.29) is 6.10 Å². The third kappa shape index (κ3) is 4.88. The van der Waals surface area contributed by atoms with Gasteiger partial charge in [0.15, 0.2) is 0 Å². The van der Waals surface area contributed by atoms with Crippen molar-refractivity contribution in [1.29, 1.82) is 0 Å². The van der Waals surface area contributed by atoms with E-state index in [1.54, 1.807) is 13.8 Å². The number of hydrogen-bond donors (Lipinski definition) is 0. The Bertz CT molecular complexity index is 157. The maximum absolute atomic E-state index is 11.5. The van der Waals surface area contributed by atoms with Crippen molar-refractivity contribution < 1.29 is 18.1 Å². The molecule has 4 nitrogen and oxygen atoms in total. The predicted molar refractivity (Wildman–Crippen MR) is 47.1 cm³/mol. The summed E-state index contributed by atoms with van der Waals surface area (Å²) in [5.41, 5.74) is 0. The van der Waals surface area contributed by atoms with Gasteiger partial charge in [0.05, 0.1) is 12.7 Å². The van der Waals surface area contributed by atoms with Crippen LogP contribution in [-0.2, 0) is 18.1 Å². The molecule has 0 heterocycles. The summed E-state index contributed by atoms with van der Waals surface area (Å²) in [5.74, 6) is 0. The van der Waals surface area contributed by atoms with E-state index in [1.165, 1.54) is 7.11 Å². The van der Waals surface area contributed by atoms with Crippen LogP contribution in [0.15, 0.2) is 0 Å². The minimum Gasteiger partial charge on any atom is -0.290 e. The maximum atomic E-state index is 11.5. The van der Waals surface area contributed by atoms with Crippen molar-refractivity contribution in [2.45, 2.75) is 33.3 Å². The van der Waals surface area contributed by atoms with Gasteiger partial charge in [0.1, 0.15) is 0 Å².